The summed E-state index contributed by atoms with van der Waals surface area (Å²) >= 11 is 12.2. The van der Waals surface area contributed by atoms with Crippen molar-refractivity contribution in [3.8, 4) is 5.75 Å². The van der Waals surface area contributed by atoms with Crippen LogP contribution in [0.3, 0.4) is 0 Å². The summed E-state index contributed by atoms with van der Waals surface area (Å²) in [7, 11) is 1.60. The van der Waals surface area contributed by atoms with Crippen molar-refractivity contribution in [3.63, 3.8) is 0 Å². The number of halogens is 2. The highest BCUT2D eigenvalue weighted by atomic mass is 35.5. The Labute approximate surface area is 180 Å². The number of ether oxygens (including phenoxy) is 1. The number of urea groups is 1. The van der Waals surface area contributed by atoms with E-state index in [1.54, 1.807) is 42.5 Å². The zero-order valence-electron chi connectivity index (χ0n) is 16.2. The first-order chi connectivity index (χ1) is 14.0. The molecule has 0 saturated heterocycles. The highest BCUT2D eigenvalue weighted by molar-refractivity contribution is 6.35. The van der Waals surface area contributed by atoms with Gasteiger partial charge in [0.25, 0.3) is 0 Å². The van der Waals surface area contributed by atoms with E-state index >= 15 is 0 Å². The molecule has 3 rings (SSSR count). The molecule has 2 aromatic carbocycles. The number of nitrogens with zero attached hydrogens (tertiary/aromatic N) is 2. The van der Waals surface area contributed by atoms with Gasteiger partial charge < -0.3 is 10.1 Å². The van der Waals surface area contributed by atoms with Gasteiger partial charge in [0.2, 0.25) is 0 Å². The van der Waals surface area contributed by atoms with E-state index in [0.29, 0.717) is 40.3 Å². The fourth-order valence-corrected chi connectivity index (χ4v) is 3.39. The van der Waals surface area contributed by atoms with Crippen LogP contribution in [0.2, 0.25) is 10.0 Å². The standard InChI is InChI=1S/C22H21Cl2N3O2/c1-15-4-3-12-25-21(15)27(18-7-9-19(29-2)10-8-18)22(28)26-13-11-16-5-6-17(23)14-20(16)24/h3-10,12,14H,11,13H2,1-2H3,(H,26,28). The molecule has 7 heteroatoms. The minimum absolute atomic E-state index is 0.276. The van der Waals surface area contributed by atoms with Gasteiger partial charge in [-0.1, -0.05) is 35.3 Å². The van der Waals surface area contributed by atoms with Gasteiger partial charge in [0.15, 0.2) is 0 Å². The van der Waals surface area contributed by atoms with Crippen molar-refractivity contribution in [3.05, 3.63) is 82.0 Å². The lowest BCUT2D eigenvalue weighted by atomic mass is 10.1. The summed E-state index contributed by atoms with van der Waals surface area (Å²) in [6, 6.07) is 16.1. The van der Waals surface area contributed by atoms with Crippen molar-refractivity contribution in [1.29, 1.82) is 0 Å². The van der Waals surface area contributed by atoms with Gasteiger partial charge in [-0.3, -0.25) is 0 Å². The molecule has 0 saturated carbocycles. The van der Waals surface area contributed by atoms with Crippen molar-refractivity contribution in [2.45, 2.75) is 13.3 Å². The van der Waals surface area contributed by atoms with Crippen LogP contribution in [0.1, 0.15) is 11.1 Å². The molecule has 2 amide bonds. The van der Waals surface area contributed by atoms with Gasteiger partial charge in [0, 0.05) is 22.8 Å². The molecule has 150 valence electrons. The quantitative estimate of drug-likeness (QED) is 0.538. The predicted octanol–water partition coefficient (Wildman–Crippen LogP) is 5.80. The summed E-state index contributed by atoms with van der Waals surface area (Å²) in [6.07, 6.45) is 2.25. The van der Waals surface area contributed by atoms with Gasteiger partial charge >= 0.3 is 6.03 Å². The third kappa shape index (κ3) is 5.19. The van der Waals surface area contributed by atoms with E-state index in [-0.39, 0.29) is 6.03 Å². The van der Waals surface area contributed by atoms with Crippen molar-refractivity contribution in [2.24, 2.45) is 0 Å². The molecule has 3 aromatic rings. The van der Waals surface area contributed by atoms with E-state index in [4.69, 9.17) is 27.9 Å². The van der Waals surface area contributed by atoms with Crippen LogP contribution in [0.4, 0.5) is 16.3 Å². The average Bonchev–Trinajstić information content (AvgIpc) is 2.72. The van der Waals surface area contributed by atoms with Gasteiger partial charge in [-0.2, -0.15) is 0 Å². The number of rotatable bonds is 6. The molecule has 0 bridgehead atoms. The number of pyridine rings is 1. The maximum Gasteiger partial charge on any atom is 0.327 e. The Morgan fingerprint density at radius 1 is 1.14 bits per heavy atom. The molecule has 29 heavy (non-hydrogen) atoms. The van der Waals surface area contributed by atoms with Crippen molar-refractivity contribution < 1.29 is 9.53 Å². The van der Waals surface area contributed by atoms with Crippen LogP contribution in [-0.2, 0) is 6.42 Å². The van der Waals surface area contributed by atoms with Gasteiger partial charge in [-0.05, 0) is 66.9 Å². The number of carbonyl (C=O) groups excluding carboxylic acids is 1. The fourth-order valence-electron chi connectivity index (χ4n) is 2.89. The second-order valence-corrected chi connectivity index (χ2v) is 7.24. The van der Waals surface area contributed by atoms with Gasteiger partial charge in [-0.25, -0.2) is 14.7 Å². The smallest absolute Gasteiger partial charge is 0.327 e. The molecule has 0 unspecified atom stereocenters. The van der Waals surface area contributed by atoms with E-state index in [0.717, 1.165) is 11.1 Å². The summed E-state index contributed by atoms with van der Waals surface area (Å²) in [5.74, 6) is 1.28. The molecule has 0 aliphatic heterocycles. The molecule has 1 heterocycles. The van der Waals surface area contributed by atoms with Crippen LogP contribution in [0, 0.1) is 6.92 Å². The Balaban J connectivity index is 1.79. The number of nitrogens with one attached hydrogen (secondary N) is 1. The molecule has 0 aliphatic carbocycles. The number of hydrogen-bond acceptors (Lipinski definition) is 3. The number of amides is 2. The number of hydrogen-bond donors (Lipinski definition) is 1. The zero-order valence-corrected chi connectivity index (χ0v) is 17.7. The molecule has 1 aromatic heterocycles. The zero-order chi connectivity index (χ0) is 20.8. The molecule has 0 fully saturated rings. The Morgan fingerprint density at radius 2 is 1.90 bits per heavy atom. The number of carbonyl (C=O) groups is 1. The molecular weight excluding hydrogens is 409 g/mol. The minimum atomic E-state index is -0.276. The van der Waals surface area contributed by atoms with Crippen LogP contribution in [0.5, 0.6) is 5.75 Å². The fraction of sp³-hybridized carbons (Fsp3) is 0.182. The van der Waals surface area contributed by atoms with E-state index < -0.39 is 0 Å². The van der Waals surface area contributed by atoms with Crippen molar-refractivity contribution >= 4 is 40.7 Å². The lowest BCUT2D eigenvalue weighted by Crippen LogP contribution is -2.38. The van der Waals surface area contributed by atoms with E-state index in [1.165, 1.54) is 0 Å². The summed E-state index contributed by atoms with van der Waals surface area (Å²) in [6.45, 7) is 2.33. The lowest BCUT2D eigenvalue weighted by molar-refractivity contribution is 0.248. The highest BCUT2D eigenvalue weighted by Crippen LogP contribution is 2.28. The second kappa shape index (κ2) is 9.63. The maximum absolute atomic E-state index is 13.1. The number of benzene rings is 2. The number of aromatic nitrogens is 1. The Bertz CT molecular complexity index is 994. The normalized spacial score (nSPS) is 10.5. The minimum Gasteiger partial charge on any atom is -0.497 e. The number of aryl methyl sites for hydroxylation is 1. The molecule has 0 aliphatic rings. The summed E-state index contributed by atoms with van der Waals surface area (Å²) in [5, 5.41) is 4.12. The van der Waals surface area contributed by atoms with Crippen LogP contribution in [0.15, 0.2) is 60.8 Å². The third-order valence-electron chi connectivity index (χ3n) is 4.41. The van der Waals surface area contributed by atoms with Crippen LogP contribution in [0.25, 0.3) is 0 Å². The van der Waals surface area contributed by atoms with Crippen molar-refractivity contribution in [1.82, 2.24) is 10.3 Å². The Morgan fingerprint density at radius 3 is 2.55 bits per heavy atom. The molecular formula is C22H21Cl2N3O2. The Kier molecular flexibility index (Phi) is 6.96. The predicted molar refractivity (Wildman–Crippen MR) is 118 cm³/mol. The Hall–Kier alpha value is -2.76. The summed E-state index contributed by atoms with van der Waals surface area (Å²) < 4.78 is 5.22. The maximum atomic E-state index is 13.1. The van der Waals surface area contributed by atoms with Gasteiger partial charge in [-0.15, -0.1) is 0 Å². The largest absolute Gasteiger partial charge is 0.497 e. The van der Waals surface area contributed by atoms with Crippen molar-refractivity contribution in [2.75, 3.05) is 18.6 Å². The van der Waals surface area contributed by atoms with E-state index in [1.807, 2.05) is 37.3 Å². The topological polar surface area (TPSA) is 54.5 Å². The molecule has 5 nitrogen and oxygen atoms in total. The van der Waals surface area contributed by atoms with Gasteiger partial charge in [0.05, 0.1) is 12.8 Å². The lowest BCUT2D eigenvalue weighted by Gasteiger charge is -2.24. The molecule has 1 N–H and O–H groups in total. The SMILES string of the molecule is COc1ccc(N(C(=O)NCCc2ccc(Cl)cc2Cl)c2ncccc2C)cc1. The van der Waals surface area contributed by atoms with Crippen LogP contribution in [-0.4, -0.2) is 24.7 Å². The molecule has 0 radical (unpaired) electrons. The first-order valence-corrected chi connectivity index (χ1v) is 9.82. The first-order valence-electron chi connectivity index (χ1n) is 9.07. The summed E-state index contributed by atoms with van der Waals surface area (Å²) in [5.41, 5.74) is 2.50. The third-order valence-corrected chi connectivity index (χ3v) is 5.00. The second-order valence-electron chi connectivity index (χ2n) is 6.40. The first kappa shape index (κ1) is 21.0. The number of methoxy groups -OCH3 is 1. The van der Waals surface area contributed by atoms with E-state index in [2.05, 4.69) is 10.3 Å². The highest BCUT2D eigenvalue weighted by Gasteiger charge is 2.21. The monoisotopic (exact) mass is 429 g/mol. The van der Waals surface area contributed by atoms with Crippen LogP contribution < -0.4 is 15.0 Å². The molecule has 0 atom stereocenters. The average molecular weight is 430 g/mol. The number of anilines is 2. The van der Waals surface area contributed by atoms with E-state index in [9.17, 15) is 4.79 Å². The van der Waals surface area contributed by atoms with Gasteiger partial charge in [0.1, 0.15) is 11.6 Å². The molecule has 0 spiro atoms. The summed E-state index contributed by atoms with van der Waals surface area (Å²) in [4.78, 5) is 19.0. The van der Waals surface area contributed by atoms with Crippen LogP contribution >= 0.6 is 23.2 Å².